The van der Waals surface area contributed by atoms with Crippen molar-refractivity contribution in [2.24, 2.45) is 0 Å². The van der Waals surface area contributed by atoms with Crippen LogP contribution in [0.15, 0.2) is 24.4 Å². The Morgan fingerprint density at radius 1 is 1.35 bits per heavy atom. The molecule has 20 heavy (non-hydrogen) atoms. The number of rotatable bonds is 8. The maximum absolute atomic E-state index is 12.7. The van der Waals surface area contributed by atoms with Crippen LogP contribution in [0, 0.1) is 0 Å². The molecule has 0 unspecified atom stereocenters. The molecule has 1 heterocycles. The Hall–Kier alpha value is -0.980. The summed E-state index contributed by atoms with van der Waals surface area (Å²) in [7, 11) is -1.53. The van der Waals surface area contributed by atoms with Crippen LogP contribution in [0.3, 0.4) is 0 Å². The standard InChI is InChI=1S/C14H25N3O2S/c1-5-13(15-4)11-17(6-2)20(18,19)12(3)14-9-7-8-10-16-14/h7-10,12-13,15H,5-6,11H2,1-4H3/t12-,13-/m1/s1. The normalized spacial score (nSPS) is 15.2. The Labute approximate surface area is 122 Å². The van der Waals surface area contributed by atoms with Gasteiger partial charge < -0.3 is 5.32 Å². The molecule has 1 aromatic heterocycles. The van der Waals surface area contributed by atoms with Crippen molar-refractivity contribution in [3.05, 3.63) is 30.1 Å². The van der Waals surface area contributed by atoms with E-state index in [4.69, 9.17) is 0 Å². The summed E-state index contributed by atoms with van der Waals surface area (Å²) >= 11 is 0. The van der Waals surface area contributed by atoms with E-state index in [0.29, 0.717) is 18.8 Å². The Morgan fingerprint density at radius 3 is 2.50 bits per heavy atom. The lowest BCUT2D eigenvalue weighted by Gasteiger charge is -2.27. The largest absolute Gasteiger partial charge is 0.316 e. The molecule has 0 aromatic carbocycles. The quantitative estimate of drug-likeness (QED) is 0.795. The second-order valence-corrected chi connectivity index (χ2v) is 7.04. The van der Waals surface area contributed by atoms with Gasteiger partial charge in [-0.2, -0.15) is 0 Å². The minimum Gasteiger partial charge on any atom is -0.316 e. The lowest BCUT2D eigenvalue weighted by atomic mass is 10.2. The molecule has 0 spiro atoms. The number of pyridine rings is 1. The summed E-state index contributed by atoms with van der Waals surface area (Å²) in [6.07, 6.45) is 2.51. The van der Waals surface area contributed by atoms with Gasteiger partial charge in [0.15, 0.2) is 0 Å². The summed E-state index contributed by atoms with van der Waals surface area (Å²) in [5, 5.41) is 2.52. The third-order valence-corrected chi connectivity index (χ3v) is 5.85. The molecule has 114 valence electrons. The van der Waals surface area contributed by atoms with Crippen LogP contribution in [0.5, 0.6) is 0 Å². The summed E-state index contributed by atoms with van der Waals surface area (Å²) in [5.41, 5.74) is 0.587. The highest BCUT2D eigenvalue weighted by Gasteiger charge is 2.30. The van der Waals surface area contributed by atoms with E-state index < -0.39 is 15.3 Å². The molecule has 0 amide bonds. The number of aromatic nitrogens is 1. The molecule has 0 radical (unpaired) electrons. The molecule has 0 aliphatic carbocycles. The number of likely N-dealkylation sites (N-methyl/N-ethyl adjacent to an activating group) is 2. The molecule has 0 aliphatic heterocycles. The Balaban J connectivity index is 2.94. The summed E-state index contributed by atoms with van der Waals surface area (Å²) < 4.78 is 26.9. The fourth-order valence-corrected chi connectivity index (χ4v) is 3.72. The van der Waals surface area contributed by atoms with Gasteiger partial charge in [-0.1, -0.05) is 19.9 Å². The molecule has 0 fully saturated rings. The lowest BCUT2D eigenvalue weighted by Crippen LogP contribution is -2.43. The number of sulfonamides is 1. The number of nitrogens with one attached hydrogen (secondary N) is 1. The number of hydrogen-bond donors (Lipinski definition) is 1. The van der Waals surface area contributed by atoms with E-state index in [-0.39, 0.29) is 6.04 Å². The topological polar surface area (TPSA) is 62.3 Å². The zero-order chi connectivity index (χ0) is 15.2. The minimum absolute atomic E-state index is 0.167. The second kappa shape index (κ2) is 7.71. The van der Waals surface area contributed by atoms with Crippen molar-refractivity contribution in [2.75, 3.05) is 20.1 Å². The molecule has 6 heteroatoms. The van der Waals surface area contributed by atoms with E-state index in [2.05, 4.69) is 10.3 Å². The highest BCUT2D eigenvalue weighted by atomic mass is 32.2. The molecule has 5 nitrogen and oxygen atoms in total. The maximum atomic E-state index is 12.7. The lowest BCUT2D eigenvalue weighted by molar-refractivity contribution is 0.365. The van der Waals surface area contributed by atoms with Gasteiger partial charge in [-0.3, -0.25) is 4.98 Å². The van der Waals surface area contributed by atoms with Crippen LogP contribution in [-0.2, 0) is 10.0 Å². The highest BCUT2D eigenvalue weighted by molar-refractivity contribution is 7.89. The van der Waals surface area contributed by atoms with Crippen molar-refractivity contribution in [1.29, 1.82) is 0 Å². The molecular formula is C14H25N3O2S. The zero-order valence-electron chi connectivity index (χ0n) is 12.7. The molecular weight excluding hydrogens is 274 g/mol. The Morgan fingerprint density at radius 2 is 2.05 bits per heavy atom. The van der Waals surface area contributed by atoms with Crippen LogP contribution in [0.2, 0.25) is 0 Å². The Kier molecular flexibility index (Phi) is 6.58. The third-order valence-electron chi connectivity index (χ3n) is 3.59. The van der Waals surface area contributed by atoms with Gasteiger partial charge in [0.2, 0.25) is 10.0 Å². The van der Waals surface area contributed by atoms with E-state index in [1.54, 1.807) is 25.3 Å². The number of nitrogens with zero attached hydrogens (tertiary/aromatic N) is 2. The fourth-order valence-electron chi connectivity index (χ4n) is 2.08. The van der Waals surface area contributed by atoms with Gasteiger partial charge in [-0.05, 0) is 32.5 Å². The molecule has 0 saturated carbocycles. The van der Waals surface area contributed by atoms with E-state index in [1.807, 2.05) is 27.0 Å². The van der Waals surface area contributed by atoms with Crippen molar-refractivity contribution in [2.45, 2.75) is 38.5 Å². The average Bonchev–Trinajstić information content (AvgIpc) is 2.48. The predicted molar refractivity (Wildman–Crippen MR) is 82.0 cm³/mol. The molecule has 0 saturated heterocycles. The van der Waals surface area contributed by atoms with E-state index >= 15 is 0 Å². The van der Waals surface area contributed by atoms with Gasteiger partial charge in [-0.15, -0.1) is 0 Å². The minimum atomic E-state index is -3.39. The van der Waals surface area contributed by atoms with Crippen LogP contribution < -0.4 is 5.32 Å². The van der Waals surface area contributed by atoms with Crippen LogP contribution in [0.4, 0.5) is 0 Å². The van der Waals surface area contributed by atoms with Gasteiger partial charge in [0.25, 0.3) is 0 Å². The molecule has 2 atom stereocenters. The van der Waals surface area contributed by atoms with Crippen molar-refractivity contribution in [3.8, 4) is 0 Å². The summed E-state index contributed by atoms with van der Waals surface area (Å²) in [6.45, 7) is 6.57. The second-order valence-electron chi connectivity index (χ2n) is 4.79. The maximum Gasteiger partial charge on any atom is 0.222 e. The zero-order valence-corrected chi connectivity index (χ0v) is 13.5. The van der Waals surface area contributed by atoms with E-state index in [0.717, 1.165) is 6.42 Å². The third kappa shape index (κ3) is 4.01. The van der Waals surface area contributed by atoms with Crippen LogP contribution in [0.1, 0.15) is 38.1 Å². The first-order chi connectivity index (χ1) is 9.47. The average molecular weight is 299 g/mol. The van der Waals surface area contributed by atoms with Gasteiger partial charge in [0, 0.05) is 25.3 Å². The molecule has 0 aliphatic rings. The van der Waals surface area contributed by atoms with Crippen LogP contribution >= 0.6 is 0 Å². The van der Waals surface area contributed by atoms with Gasteiger partial charge in [0.05, 0.1) is 5.69 Å². The molecule has 1 aromatic rings. The van der Waals surface area contributed by atoms with Crippen molar-refractivity contribution in [1.82, 2.24) is 14.6 Å². The summed E-state index contributed by atoms with van der Waals surface area (Å²) in [5.74, 6) is 0. The molecule has 0 bridgehead atoms. The predicted octanol–water partition coefficient (Wildman–Crippen LogP) is 1.79. The van der Waals surface area contributed by atoms with Gasteiger partial charge in [0.1, 0.15) is 5.25 Å². The Bertz CT molecular complexity index is 486. The highest BCUT2D eigenvalue weighted by Crippen LogP contribution is 2.23. The number of hydrogen-bond acceptors (Lipinski definition) is 4. The van der Waals surface area contributed by atoms with Crippen LogP contribution in [-0.4, -0.2) is 43.9 Å². The fraction of sp³-hybridized carbons (Fsp3) is 0.643. The van der Waals surface area contributed by atoms with Crippen molar-refractivity contribution >= 4 is 10.0 Å². The van der Waals surface area contributed by atoms with Gasteiger partial charge in [-0.25, -0.2) is 12.7 Å². The molecule has 1 N–H and O–H groups in total. The summed E-state index contributed by atoms with van der Waals surface area (Å²) in [6, 6.07) is 5.52. The first kappa shape index (κ1) is 17.1. The van der Waals surface area contributed by atoms with E-state index in [1.165, 1.54) is 4.31 Å². The molecule has 1 rings (SSSR count). The monoisotopic (exact) mass is 299 g/mol. The van der Waals surface area contributed by atoms with Crippen molar-refractivity contribution < 1.29 is 8.42 Å². The van der Waals surface area contributed by atoms with Crippen molar-refractivity contribution in [3.63, 3.8) is 0 Å². The SMILES string of the molecule is CC[C@H](CN(CC)S(=O)(=O)[C@H](C)c1ccccn1)NC. The smallest absolute Gasteiger partial charge is 0.222 e. The van der Waals surface area contributed by atoms with Crippen LogP contribution in [0.25, 0.3) is 0 Å². The first-order valence-corrected chi connectivity index (χ1v) is 8.54. The van der Waals surface area contributed by atoms with Gasteiger partial charge >= 0.3 is 0 Å². The van der Waals surface area contributed by atoms with E-state index in [9.17, 15) is 8.42 Å². The summed E-state index contributed by atoms with van der Waals surface area (Å²) in [4.78, 5) is 4.16. The first-order valence-electron chi connectivity index (χ1n) is 7.04.